The van der Waals surface area contributed by atoms with Crippen LogP contribution in [0.25, 0.3) is 0 Å². The minimum atomic E-state index is 0.555. The van der Waals surface area contributed by atoms with E-state index in [0.717, 1.165) is 24.1 Å². The number of amides is 1. The summed E-state index contributed by atoms with van der Waals surface area (Å²) in [5, 5.41) is 0. The molecule has 1 radical (unpaired) electrons. The van der Waals surface area contributed by atoms with E-state index >= 15 is 0 Å². The van der Waals surface area contributed by atoms with Crippen molar-refractivity contribution in [2.75, 3.05) is 4.90 Å². The second kappa shape index (κ2) is 6.74. The number of carbonyl (C=O) groups excluding carboxylic acids is 1. The van der Waals surface area contributed by atoms with Crippen molar-refractivity contribution in [1.29, 1.82) is 0 Å². The van der Waals surface area contributed by atoms with E-state index in [4.69, 9.17) is 0 Å². The van der Waals surface area contributed by atoms with Gasteiger partial charge in [-0.1, -0.05) is 55.8 Å². The van der Waals surface area contributed by atoms with Crippen LogP contribution >= 0.6 is 0 Å². The molecule has 0 atom stereocenters. The van der Waals surface area contributed by atoms with E-state index in [1.54, 1.807) is 4.90 Å². The Morgan fingerprint density at radius 1 is 1.00 bits per heavy atom. The monoisotopic (exact) mass is 252 g/mol. The highest BCUT2D eigenvalue weighted by molar-refractivity contribution is 5.75. The second-order valence-corrected chi connectivity index (χ2v) is 4.58. The summed E-state index contributed by atoms with van der Waals surface area (Å²) in [7, 11) is 0. The highest BCUT2D eigenvalue weighted by Crippen LogP contribution is 2.18. The van der Waals surface area contributed by atoms with Crippen LogP contribution in [0, 0.1) is 0 Å². The first-order valence-electron chi connectivity index (χ1n) is 6.61. The summed E-state index contributed by atoms with van der Waals surface area (Å²) in [6.07, 6.45) is 4.16. The van der Waals surface area contributed by atoms with Crippen molar-refractivity contribution in [3.05, 3.63) is 65.7 Å². The van der Waals surface area contributed by atoms with E-state index in [0.29, 0.717) is 6.54 Å². The van der Waals surface area contributed by atoms with Crippen LogP contribution < -0.4 is 4.90 Å². The molecule has 0 spiro atoms. The minimum Gasteiger partial charge on any atom is -0.300 e. The van der Waals surface area contributed by atoms with Crippen molar-refractivity contribution >= 4 is 12.1 Å². The van der Waals surface area contributed by atoms with Gasteiger partial charge in [0, 0.05) is 5.69 Å². The fourth-order valence-corrected chi connectivity index (χ4v) is 2.11. The zero-order valence-corrected chi connectivity index (χ0v) is 11.2. The molecule has 0 aliphatic rings. The lowest BCUT2D eigenvalue weighted by molar-refractivity contribution is 0.551. The smallest absolute Gasteiger partial charge is 0.300 e. The van der Waals surface area contributed by atoms with Crippen LogP contribution in [0.4, 0.5) is 5.69 Å². The Balaban J connectivity index is 2.17. The minimum absolute atomic E-state index is 0.555. The van der Waals surface area contributed by atoms with Crippen LogP contribution in [0.5, 0.6) is 0 Å². The fraction of sp³-hybridized carbons (Fsp3) is 0.235. The van der Waals surface area contributed by atoms with E-state index in [-0.39, 0.29) is 0 Å². The molecule has 0 saturated heterocycles. The second-order valence-electron chi connectivity index (χ2n) is 4.58. The van der Waals surface area contributed by atoms with Gasteiger partial charge in [0.1, 0.15) is 0 Å². The van der Waals surface area contributed by atoms with Gasteiger partial charge in [0.05, 0.1) is 6.54 Å². The van der Waals surface area contributed by atoms with Crippen molar-refractivity contribution in [3.8, 4) is 0 Å². The van der Waals surface area contributed by atoms with Gasteiger partial charge in [-0.2, -0.15) is 0 Å². The standard InChI is InChI=1S/C17H18NO/c1-2-7-15-10-6-11-17(12-15)18(14-19)13-16-8-4-3-5-9-16/h3-6,8-12H,2,7,13H2,1H3. The van der Waals surface area contributed by atoms with Crippen molar-refractivity contribution in [3.63, 3.8) is 0 Å². The molecule has 0 unspecified atom stereocenters. The van der Waals surface area contributed by atoms with Crippen LogP contribution in [0.15, 0.2) is 54.6 Å². The van der Waals surface area contributed by atoms with Crippen LogP contribution in [0.1, 0.15) is 24.5 Å². The first kappa shape index (κ1) is 13.3. The predicted molar refractivity (Wildman–Crippen MR) is 78.8 cm³/mol. The molecule has 19 heavy (non-hydrogen) atoms. The highest BCUT2D eigenvalue weighted by atomic mass is 16.1. The molecule has 2 heteroatoms. The molecule has 0 fully saturated rings. The molecule has 2 rings (SSSR count). The SMILES string of the molecule is CCCc1cccc(N([C]=O)Cc2ccccc2)c1. The summed E-state index contributed by atoms with van der Waals surface area (Å²) in [4.78, 5) is 12.8. The lowest BCUT2D eigenvalue weighted by atomic mass is 10.1. The number of rotatable bonds is 6. The molecule has 1 amide bonds. The van der Waals surface area contributed by atoms with Crippen molar-refractivity contribution in [2.24, 2.45) is 0 Å². The van der Waals surface area contributed by atoms with Crippen LogP contribution in [0.3, 0.4) is 0 Å². The quantitative estimate of drug-likeness (QED) is 0.718. The van der Waals surface area contributed by atoms with Crippen molar-refractivity contribution in [1.82, 2.24) is 0 Å². The van der Waals surface area contributed by atoms with E-state index in [9.17, 15) is 4.79 Å². The third-order valence-electron chi connectivity index (χ3n) is 3.05. The molecule has 2 aromatic carbocycles. The molecule has 0 N–H and O–H groups in total. The van der Waals surface area contributed by atoms with Crippen molar-refractivity contribution in [2.45, 2.75) is 26.3 Å². The van der Waals surface area contributed by atoms with Gasteiger partial charge in [-0.05, 0) is 29.7 Å². The number of hydrogen-bond donors (Lipinski definition) is 0. The molecule has 0 bridgehead atoms. The maximum Gasteiger partial charge on any atom is 0.317 e. The van der Waals surface area contributed by atoms with E-state index in [2.05, 4.69) is 19.1 Å². The number of hydrogen-bond acceptors (Lipinski definition) is 1. The average Bonchev–Trinajstić information content (AvgIpc) is 2.46. The van der Waals surface area contributed by atoms with Crippen molar-refractivity contribution < 1.29 is 4.79 Å². The van der Waals surface area contributed by atoms with Gasteiger partial charge in [-0.3, -0.25) is 9.69 Å². The maximum atomic E-state index is 11.2. The molecule has 0 aromatic heterocycles. The van der Waals surface area contributed by atoms with E-state index in [1.807, 2.05) is 48.9 Å². The Kier molecular flexibility index (Phi) is 4.73. The molecular weight excluding hydrogens is 234 g/mol. The molecular formula is C17H18NO. The summed E-state index contributed by atoms with van der Waals surface area (Å²) in [6.45, 7) is 2.71. The van der Waals surface area contributed by atoms with E-state index in [1.165, 1.54) is 5.56 Å². The lowest BCUT2D eigenvalue weighted by Crippen LogP contribution is -2.20. The van der Waals surface area contributed by atoms with Gasteiger partial charge in [0.15, 0.2) is 0 Å². The van der Waals surface area contributed by atoms with Gasteiger partial charge in [0.25, 0.3) is 0 Å². The van der Waals surface area contributed by atoms with Crippen LogP contribution in [-0.4, -0.2) is 6.41 Å². The Morgan fingerprint density at radius 2 is 1.74 bits per heavy atom. The molecule has 2 nitrogen and oxygen atoms in total. The van der Waals surface area contributed by atoms with E-state index < -0.39 is 0 Å². The van der Waals surface area contributed by atoms with Gasteiger partial charge < -0.3 is 0 Å². The normalized spacial score (nSPS) is 10.2. The Hall–Kier alpha value is -2.09. The first-order chi connectivity index (χ1) is 9.33. The summed E-state index contributed by atoms with van der Waals surface area (Å²) >= 11 is 0. The summed E-state index contributed by atoms with van der Waals surface area (Å²) in [5.41, 5.74) is 3.27. The molecule has 0 saturated carbocycles. The predicted octanol–water partition coefficient (Wildman–Crippen LogP) is 3.71. The van der Waals surface area contributed by atoms with Crippen LogP contribution in [0.2, 0.25) is 0 Å². The highest BCUT2D eigenvalue weighted by Gasteiger charge is 2.07. The molecule has 0 aliphatic carbocycles. The summed E-state index contributed by atoms with van der Waals surface area (Å²) in [5.74, 6) is 0. The zero-order chi connectivity index (χ0) is 13.5. The molecule has 0 heterocycles. The van der Waals surface area contributed by atoms with Crippen LogP contribution in [-0.2, 0) is 17.8 Å². The van der Waals surface area contributed by atoms with Gasteiger partial charge in [-0.15, -0.1) is 0 Å². The lowest BCUT2D eigenvalue weighted by Gasteiger charge is -2.17. The summed E-state index contributed by atoms with van der Waals surface area (Å²) < 4.78 is 0. The first-order valence-corrected chi connectivity index (χ1v) is 6.61. The van der Waals surface area contributed by atoms with Gasteiger partial charge in [-0.25, -0.2) is 0 Å². The summed E-state index contributed by atoms with van der Waals surface area (Å²) in [6, 6.07) is 18.1. The number of benzene rings is 2. The molecule has 97 valence electrons. The average molecular weight is 252 g/mol. The largest absolute Gasteiger partial charge is 0.317 e. The third kappa shape index (κ3) is 3.68. The maximum absolute atomic E-state index is 11.2. The Morgan fingerprint density at radius 3 is 2.42 bits per heavy atom. The topological polar surface area (TPSA) is 20.3 Å². The molecule has 0 aliphatic heterocycles. The fourth-order valence-electron chi connectivity index (χ4n) is 2.11. The Labute approximate surface area is 114 Å². The Bertz CT molecular complexity index is 522. The number of anilines is 1. The number of nitrogens with zero attached hydrogens (tertiary/aromatic N) is 1. The van der Waals surface area contributed by atoms with Gasteiger partial charge >= 0.3 is 6.41 Å². The van der Waals surface area contributed by atoms with Gasteiger partial charge in [0.2, 0.25) is 0 Å². The zero-order valence-electron chi connectivity index (χ0n) is 11.2. The number of aryl methyl sites for hydroxylation is 1. The third-order valence-corrected chi connectivity index (χ3v) is 3.05. The molecule has 2 aromatic rings.